The minimum atomic E-state index is -0.764. The van der Waals surface area contributed by atoms with E-state index in [1.807, 2.05) is 0 Å². The maximum Gasteiger partial charge on any atom is 0.342 e. The Kier molecular flexibility index (Phi) is 4.51. The van der Waals surface area contributed by atoms with Gasteiger partial charge in [-0.05, 0) is 18.2 Å². The number of hydrogen-bond acceptors (Lipinski definition) is 4. The van der Waals surface area contributed by atoms with Gasteiger partial charge in [0.05, 0.1) is 0 Å². The van der Waals surface area contributed by atoms with Crippen LogP contribution in [0.25, 0.3) is 10.8 Å². The van der Waals surface area contributed by atoms with Crippen molar-refractivity contribution in [3.05, 3.63) is 69.7 Å². The molecule has 0 fully saturated rings. The predicted octanol–water partition coefficient (Wildman–Crippen LogP) is 4.91. The van der Waals surface area contributed by atoms with Crippen molar-refractivity contribution >= 4 is 39.9 Å². The third-order valence-electron chi connectivity index (χ3n) is 3.59. The SMILES string of the molecule is O=C(OCc1ccc(Cl)cc1Cl)c1cc(O)c2ccccc2c1O. The van der Waals surface area contributed by atoms with E-state index in [9.17, 15) is 15.0 Å². The van der Waals surface area contributed by atoms with Gasteiger partial charge in [-0.1, -0.05) is 53.5 Å². The van der Waals surface area contributed by atoms with Crippen LogP contribution in [-0.4, -0.2) is 16.2 Å². The lowest BCUT2D eigenvalue weighted by Gasteiger charge is -2.11. The highest BCUT2D eigenvalue weighted by Crippen LogP contribution is 2.35. The Morgan fingerprint density at radius 2 is 1.71 bits per heavy atom. The van der Waals surface area contributed by atoms with Crippen LogP contribution in [0.4, 0.5) is 0 Å². The van der Waals surface area contributed by atoms with Crippen molar-refractivity contribution in [2.75, 3.05) is 0 Å². The Morgan fingerprint density at radius 1 is 1.00 bits per heavy atom. The lowest BCUT2D eigenvalue weighted by atomic mass is 10.0. The number of rotatable bonds is 3. The number of aromatic hydroxyl groups is 2. The van der Waals surface area contributed by atoms with E-state index >= 15 is 0 Å². The third kappa shape index (κ3) is 3.11. The topological polar surface area (TPSA) is 66.8 Å². The monoisotopic (exact) mass is 362 g/mol. The van der Waals surface area contributed by atoms with Crippen LogP contribution < -0.4 is 0 Å². The standard InChI is InChI=1S/C18H12Cl2O4/c19-11-6-5-10(15(20)7-11)9-24-18(23)14-8-16(21)12-3-1-2-4-13(12)17(14)22/h1-8,21-22H,9H2. The summed E-state index contributed by atoms with van der Waals surface area (Å²) < 4.78 is 5.18. The molecule has 0 aliphatic carbocycles. The number of fused-ring (bicyclic) bond motifs is 1. The molecule has 6 heteroatoms. The lowest BCUT2D eigenvalue weighted by molar-refractivity contribution is 0.0469. The summed E-state index contributed by atoms with van der Waals surface area (Å²) in [4.78, 5) is 12.3. The first kappa shape index (κ1) is 16.4. The van der Waals surface area contributed by atoms with Gasteiger partial charge in [-0.3, -0.25) is 0 Å². The van der Waals surface area contributed by atoms with Crippen molar-refractivity contribution in [3.63, 3.8) is 0 Å². The maximum atomic E-state index is 12.3. The highest BCUT2D eigenvalue weighted by Gasteiger charge is 2.18. The van der Waals surface area contributed by atoms with Crippen molar-refractivity contribution in [3.8, 4) is 11.5 Å². The molecule has 0 amide bonds. The molecule has 0 saturated heterocycles. The fourth-order valence-electron chi connectivity index (χ4n) is 2.36. The van der Waals surface area contributed by atoms with E-state index in [-0.39, 0.29) is 23.7 Å². The highest BCUT2D eigenvalue weighted by atomic mass is 35.5. The number of halogens is 2. The molecule has 0 radical (unpaired) electrons. The molecular formula is C18H12Cl2O4. The molecule has 122 valence electrons. The van der Waals surface area contributed by atoms with Gasteiger partial charge in [-0.15, -0.1) is 0 Å². The number of phenols is 2. The molecule has 0 spiro atoms. The minimum absolute atomic E-state index is 0.0815. The molecule has 0 aliphatic heterocycles. The van der Waals surface area contributed by atoms with Gasteiger partial charge < -0.3 is 14.9 Å². The van der Waals surface area contributed by atoms with Crippen molar-refractivity contribution in [2.24, 2.45) is 0 Å². The molecule has 3 aromatic carbocycles. The summed E-state index contributed by atoms with van der Waals surface area (Å²) >= 11 is 11.8. The fourth-order valence-corrected chi connectivity index (χ4v) is 2.82. The first-order chi connectivity index (χ1) is 11.5. The van der Waals surface area contributed by atoms with Crippen LogP contribution in [0, 0.1) is 0 Å². The van der Waals surface area contributed by atoms with Crippen LogP contribution in [0.5, 0.6) is 11.5 Å². The van der Waals surface area contributed by atoms with Gasteiger partial charge in [-0.2, -0.15) is 0 Å². The molecule has 0 saturated carbocycles. The Balaban J connectivity index is 1.87. The zero-order valence-corrected chi connectivity index (χ0v) is 13.8. The molecule has 0 bridgehead atoms. The summed E-state index contributed by atoms with van der Waals surface area (Å²) in [6, 6.07) is 12.7. The minimum Gasteiger partial charge on any atom is -0.507 e. The van der Waals surface area contributed by atoms with E-state index < -0.39 is 5.97 Å². The van der Waals surface area contributed by atoms with Crippen LogP contribution >= 0.6 is 23.2 Å². The van der Waals surface area contributed by atoms with Gasteiger partial charge in [0.25, 0.3) is 0 Å². The van der Waals surface area contributed by atoms with Gasteiger partial charge in [0.1, 0.15) is 23.7 Å². The van der Waals surface area contributed by atoms with E-state index in [2.05, 4.69) is 0 Å². The molecule has 4 nitrogen and oxygen atoms in total. The van der Waals surface area contributed by atoms with E-state index in [1.54, 1.807) is 42.5 Å². The summed E-state index contributed by atoms with van der Waals surface area (Å²) in [6.07, 6.45) is 0. The summed E-state index contributed by atoms with van der Waals surface area (Å²) in [5.41, 5.74) is 0.468. The van der Waals surface area contributed by atoms with Crippen LogP contribution in [0.15, 0.2) is 48.5 Å². The van der Waals surface area contributed by atoms with E-state index in [4.69, 9.17) is 27.9 Å². The lowest BCUT2D eigenvalue weighted by Crippen LogP contribution is -2.06. The first-order valence-corrected chi connectivity index (χ1v) is 7.77. The quantitative estimate of drug-likeness (QED) is 0.512. The van der Waals surface area contributed by atoms with Crippen LogP contribution in [0.2, 0.25) is 10.0 Å². The number of esters is 1. The number of benzene rings is 3. The number of phenolic OH excluding ortho intramolecular Hbond substituents is 2. The predicted molar refractivity (Wildman–Crippen MR) is 92.9 cm³/mol. The molecule has 3 aromatic rings. The largest absolute Gasteiger partial charge is 0.507 e. The average Bonchev–Trinajstić information content (AvgIpc) is 2.57. The molecule has 0 aromatic heterocycles. The van der Waals surface area contributed by atoms with Gasteiger partial charge >= 0.3 is 5.97 Å². The summed E-state index contributed by atoms with van der Waals surface area (Å²) in [5, 5.41) is 22.0. The normalized spacial score (nSPS) is 10.8. The van der Waals surface area contributed by atoms with Crippen molar-refractivity contribution in [2.45, 2.75) is 6.61 Å². The zero-order valence-electron chi connectivity index (χ0n) is 12.3. The summed E-state index contributed by atoms with van der Waals surface area (Å²) in [5.74, 6) is -1.12. The van der Waals surface area contributed by atoms with Crippen LogP contribution in [0.3, 0.4) is 0 Å². The molecular weight excluding hydrogens is 351 g/mol. The molecule has 0 heterocycles. The van der Waals surface area contributed by atoms with Gasteiger partial charge in [-0.25, -0.2) is 4.79 Å². The highest BCUT2D eigenvalue weighted by molar-refractivity contribution is 6.35. The smallest absolute Gasteiger partial charge is 0.342 e. The van der Waals surface area contributed by atoms with Crippen molar-refractivity contribution in [1.82, 2.24) is 0 Å². The van der Waals surface area contributed by atoms with Crippen LogP contribution in [0.1, 0.15) is 15.9 Å². The van der Waals surface area contributed by atoms with Crippen LogP contribution in [-0.2, 0) is 11.3 Å². The molecule has 2 N–H and O–H groups in total. The summed E-state index contributed by atoms with van der Waals surface area (Å²) in [6.45, 7) is -0.0815. The van der Waals surface area contributed by atoms with Gasteiger partial charge in [0, 0.05) is 26.4 Å². The molecule has 0 atom stereocenters. The van der Waals surface area contributed by atoms with E-state index in [0.29, 0.717) is 26.4 Å². The number of carbonyl (C=O) groups is 1. The maximum absolute atomic E-state index is 12.3. The van der Waals surface area contributed by atoms with E-state index in [1.165, 1.54) is 6.07 Å². The second-order valence-electron chi connectivity index (χ2n) is 5.15. The second-order valence-corrected chi connectivity index (χ2v) is 5.99. The van der Waals surface area contributed by atoms with E-state index in [0.717, 1.165) is 0 Å². The number of ether oxygens (including phenoxy) is 1. The van der Waals surface area contributed by atoms with Gasteiger partial charge in [0.2, 0.25) is 0 Å². The zero-order chi connectivity index (χ0) is 17.3. The van der Waals surface area contributed by atoms with Gasteiger partial charge in [0.15, 0.2) is 0 Å². The molecule has 0 unspecified atom stereocenters. The first-order valence-electron chi connectivity index (χ1n) is 7.02. The summed E-state index contributed by atoms with van der Waals surface area (Å²) in [7, 11) is 0. The Hall–Kier alpha value is -2.43. The Labute approximate surface area is 147 Å². The Bertz CT molecular complexity index is 938. The third-order valence-corrected chi connectivity index (χ3v) is 4.18. The van der Waals surface area contributed by atoms with Crippen molar-refractivity contribution < 1.29 is 19.7 Å². The number of carbonyl (C=O) groups excluding carboxylic acids is 1. The molecule has 0 aliphatic rings. The fraction of sp³-hybridized carbons (Fsp3) is 0.0556. The van der Waals surface area contributed by atoms with Crippen molar-refractivity contribution in [1.29, 1.82) is 0 Å². The number of hydrogen-bond donors (Lipinski definition) is 2. The average molecular weight is 363 g/mol. The second kappa shape index (κ2) is 6.59. The molecule has 24 heavy (non-hydrogen) atoms. The Morgan fingerprint density at radius 3 is 2.42 bits per heavy atom. The molecule has 3 rings (SSSR count).